The van der Waals surface area contributed by atoms with Gasteiger partial charge in [0.1, 0.15) is 0 Å². The third-order valence-electron chi connectivity index (χ3n) is 4.39. The summed E-state index contributed by atoms with van der Waals surface area (Å²) in [4.78, 5) is 25.1. The molecule has 27 heavy (non-hydrogen) atoms. The first kappa shape index (κ1) is 20.6. The number of alkyl halides is 3. The number of ketones is 1. The number of hydrogen-bond donors (Lipinski definition) is 2. The monoisotopic (exact) mass is 379 g/mol. The van der Waals surface area contributed by atoms with Gasteiger partial charge in [-0.3, -0.25) is 9.59 Å². The van der Waals surface area contributed by atoms with Gasteiger partial charge in [-0.25, -0.2) is 0 Å². The highest BCUT2D eigenvalue weighted by Crippen LogP contribution is 2.29. The summed E-state index contributed by atoms with van der Waals surface area (Å²) in [5.41, 5.74) is -0.768. The summed E-state index contributed by atoms with van der Waals surface area (Å²) in [7, 11) is 0. The molecule has 0 aliphatic rings. The van der Waals surface area contributed by atoms with Gasteiger partial charge in [0.2, 0.25) is 0 Å². The summed E-state index contributed by atoms with van der Waals surface area (Å²) >= 11 is 0. The van der Waals surface area contributed by atoms with Crippen LogP contribution in [0.15, 0.2) is 42.5 Å². The number of carbonyl (C=O) groups excluding carboxylic acids is 2. The van der Waals surface area contributed by atoms with Gasteiger partial charge in [0.15, 0.2) is 11.4 Å². The Balaban J connectivity index is 2.28. The van der Waals surface area contributed by atoms with Crippen LogP contribution >= 0.6 is 0 Å². The number of amides is 1. The number of aliphatic hydroxyl groups is 1. The van der Waals surface area contributed by atoms with E-state index < -0.39 is 30.0 Å². The van der Waals surface area contributed by atoms with Crippen LogP contribution in [0.2, 0.25) is 0 Å². The molecule has 1 atom stereocenters. The summed E-state index contributed by atoms with van der Waals surface area (Å²) in [6, 6.07) is 11.0. The van der Waals surface area contributed by atoms with Gasteiger partial charge in [-0.15, -0.1) is 0 Å². The molecular weight excluding hydrogens is 359 g/mol. The van der Waals surface area contributed by atoms with Crippen molar-refractivity contribution in [1.29, 1.82) is 0 Å². The molecule has 0 aliphatic heterocycles. The number of hydrogen-bond acceptors (Lipinski definition) is 3. The second kappa shape index (κ2) is 7.52. The Labute approximate surface area is 155 Å². The highest BCUT2D eigenvalue weighted by molar-refractivity contribution is 6.15. The van der Waals surface area contributed by atoms with Gasteiger partial charge in [0.05, 0.1) is 12.1 Å². The van der Waals surface area contributed by atoms with Gasteiger partial charge in [-0.2, -0.15) is 13.2 Å². The molecular formula is C20H20F3NO3. The molecule has 2 N–H and O–H groups in total. The second-order valence-corrected chi connectivity index (χ2v) is 6.63. The molecule has 0 radical (unpaired) electrons. The summed E-state index contributed by atoms with van der Waals surface area (Å²) in [5, 5.41) is 11.5. The molecule has 7 heteroatoms. The van der Waals surface area contributed by atoms with E-state index in [-0.39, 0.29) is 11.1 Å². The number of halogens is 3. The van der Waals surface area contributed by atoms with Crippen LogP contribution in [0, 0.1) is 13.8 Å². The molecule has 0 aliphatic carbocycles. The highest BCUT2D eigenvalue weighted by Gasteiger charge is 2.49. The third kappa shape index (κ3) is 4.54. The number of carbonyl (C=O) groups is 2. The van der Waals surface area contributed by atoms with Crippen molar-refractivity contribution >= 4 is 11.7 Å². The van der Waals surface area contributed by atoms with E-state index in [4.69, 9.17) is 0 Å². The zero-order valence-corrected chi connectivity index (χ0v) is 15.1. The van der Waals surface area contributed by atoms with E-state index in [1.165, 1.54) is 18.2 Å². The fourth-order valence-electron chi connectivity index (χ4n) is 2.37. The predicted molar refractivity (Wildman–Crippen MR) is 94.8 cm³/mol. The van der Waals surface area contributed by atoms with Crippen LogP contribution < -0.4 is 5.32 Å². The molecule has 2 aromatic rings. The Morgan fingerprint density at radius 3 is 2.15 bits per heavy atom. The largest absolute Gasteiger partial charge is 0.418 e. The maximum atomic E-state index is 12.8. The van der Waals surface area contributed by atoms with E-state index in [9.17, 15) is 27.9 Å². The van der Waals surface area contributed by atoms with Crippen molar-refractivity contribution in [3.8, 4) is 0 Å². The molecule has 2 aromatic carbocycles. The molecule has 2 rings (SSSR count). The molecule has 0 aromatic heterocycles. The number of rotatable bonds is 5. The first-order chi connectivity index (χ1) is 12.4. The van der Waals surface area contributed by atoms with E-state index in [0.29, 0.717) is 12.5 Å². The second-order valence-electron chi connectivity index (χ2n) is 6.63. The van der Waals surface area contributed by atoms with E-state index in [0.717, 1.165) is 11.1 Å². The first-order valence-electron chi connectivity index (χ1n) is 8.22. The summed E-state index contributed by atoms with van der Waals surface area (Å²) in [6.45, 7) is 3.29. The smallest absolute Gasteiger partial charge is 0.379 e. The van der Waals surface area contributed by atoms with Crippen LogP contribution in [0.3, 0.4) is 0 Å². The molecule has 0 bridgehead atoms. The summed E-state index contributed by atoms with van der Waals surface area (Å²) < 4.78 is 38.2. The van der Waals surface area contributed by atoms with Crippen LogP contribution in [0.5, 0.6) is 0 Å². The van der Waals surface area contributed by atoms with Crippen molar-refractivity contribution < 1.29 is 27.9 Å². The van der Waals surface area contributed by atoms with Crippen molar-refractivity contribution in [1.82, 2.24) is 5.32 Å². The van der Waals surface area contributed by atoms with Crippen molar-refractivity contribution in [2.45, 2.75) is 32.5 Å². The lowest BCUT2D eigenvalue weighted by molar-refractivity contribution is -0.249. The minimum Gasteiger partial charge on any atom is -0.379 e. The molecule has 0 saturated heterocycles. The van der Waals surface area contributed by atoms with Crippen LogP contribution in [0.1, 0.15) is 44.3 Å². The Morgan fingerprint density at radius 2 is 1.59 bits per heavy atom. The van der Waals surface area contributed by atoms with E-state index in [2.05, 4.69) is 5.32 Å². The Bertz CT molecular complexity index is 873. The highest BCUT2D eigenvalue weighted by atomic mass is 19.4. The van der Waals surface area contributed by atoms with Crippen LogP contribution in [-0.4, -0.2) is 35.1 Å². The van der Waals surface area contributed by atoms with Crippen LogP contribution in [0.25, 0.3) is 0 Å². The fraction of sp³-hybridized carbons (Fsp3) is 0.300. The molecule has 0 unspecified atom stereocenters. The zero-order valence-electron chi connectivity index (χ0n) is 15.1. The molecule has 4 nitrogen and oxygen atoms in total. The number of nitrogens with one attached hydrogen (secondary N) is 1. The molecule has 0 fully saturated rings. The maximum Gasteiger partial charge on any atom is 0.418 e. The van der Waals surface area contributed by atoms with Gasteiger partial charge < -0.3 is 10.4 Å². The van der Waals surface area contributed by atoms with Crippen LogP contribution in [-0.2, 0) is 0 Å². The minimum atomic E-state index is -4.89. The number of benzene rings is 2. The van der Waals surface area contributed by atoms with Crippen molar-refractivity contribution in [2.24, 2.45) is 0 Å². The van der Waals surface area contributed by atoms with Gasteiger partial charge >= 0.3 is 6.18 Å². The maximum absolute atomic E-state index is 12.8. The molecule has 0 heterocycles. The van der Waals surface area contributed by atoms with Gasteiger partial charge in [0.25, 0.3) is 5.91 Å². The quantitative estimate of drug-likeness (QED) is 0.781. The van der Waals surface area contributed by atoms with E-state index in [1.54, 1.807) is 24.3 Å². The molecule has 1 amide bonds. The zero-order chi connectivity index (χ0) is 20.4. The summed E-state index contributed by atoms with van der Waals surface area (Å²) in [5.74, 6) is -1.28. The standard InChI is InChI=1S/C20H20F3NO3/c1-12-8-9-14(10-13(12)2)17(25)15-6-4-5-7-16(15)18(26)24-11-19(3,27)20(21,22)23/h4-10,27H,11H2,1-3H3,(H,24,26)/t19-/m1/s1. The Kier molecular flexibility index (Phi) is 5.75. The van der Waals surface area contributed by atoms with Gasteiger partial charge in [0, 0.05) is 11.1 Å². The normalized spacial score (nSPS) is 13.7. The molecule has 0 saturated carbocycles. The van der Waals surface area contributed by atoms with Crippen molar-refractivity contribution in [3.63, 3.8) is 0 Å². The van der Waals surface area contributed by atoms with Crippen molar-refractivity contribution in [3.05, 3.63) is 70.3 Å². The Hall–Kier alpha value is -2.67. The lowest BCUT2D eigenvalue weighted by atomic mass is 9.95. The predicted octanol–water partition coefficient (Wildman–Crippen LogP) is 3.58. The SMILES string of the molecule is Cc1ccc(C(=O)c2ccccc2C(=O)NC[C@@](C)(O)C(F)(F)F)cc1C. The van der Waals surface area contributed by atoms with Gasteiger partial charge in [-0.05, 0) is 44.0 Å². The Morgan fingerprint density at radius 1 is 1.00 bits per heavy atom. The van der Waals surface area contributed by atoms with Gasteiger partial charge in [-0.1, -0.05) is 30.3 Å². The van der Waals surface area contributed by atoms with E-state index >= 15 is 0 Å². The average Bonchev–Trinajstić information content (AvgIpc) is 2.60. The van der Waals surface area contributed by atoms with Crippen molar-refractivity contribution in [2.75, 3.05) is 6.54 Å². The lowest BCUT2D eigenvalue weighted by Crippen LogP contribution is -2.51. The fourth-order valence-corrected chi connectivity index (χ4v) is 2.37. The lowest BCUT2D eigenvalue weighted by Gasteiger charge is -2.26. The third-order valence-corrected chi connectivity index (χ3v) is 4.39. The minimum absolute atomic E-state index is 0.0568. The van der Waals surface area contributed by atoms with Crippen LogP contribution in [0.4, 0.5) is 13.2 Å². The molecule has 0 spiro atoms. The average molecular weight is 379 g/mol. The first-order valence-corrected chi connectivity index (χ1v) is 8.22. The topological polar surface area (TPSA) is 66.4 Å². The van der Waals surface area contributed by atoms with E-state index in [1.807, 2.05) is 13.8 Å². The number of aryl methyl sites for hydroxylation is 2. The summed E-state index contributed by atoms with van der Waals surface area (Å²) in [6.07, 6.45) is -4.89. The molecule has 144 valence electrons.